The van der Waals surface area contributed by atoms with Crippen molar-refractivity contribution in [2.75, 3.05) is 26.4 Å². The lowest BCUT2D eigenvalue weighted by molar-refractivity contribution is -0.379. The molecule has 3 heterocycles. The number of nitrogens with one attached hydrogen (secondary N) is 1. The molecule has 1 amide bonds. The second kappa shape index (κ2) is 41.1. The van der Waals surface area contributed by atoms with Gasteiger partial charge in [0.15, 0.2) is 18.9 Å². The summed E-state index contributed by atoms with van der Waals surface area (Å²) < 4.78 is 34.1. The number of unbranched alkanes of at least 4 members (excludes halogenated alkanes) is 23. The van der Waals surface area contributed by atoms with Gasteiger partial charge in [0.05, 0.1) is 38.6 Å². The molecule has 3 aliphatic heterocycles. The molecule has 0 aliphatic carbocycles. The van der Waals surface area contributed by atoms with E-state index in [9.17, 15) is 61.0 Å². The summed E-state index contributed by atoms with van der Waals surface area (Å²) in [5.74, 6) is -0.291. The first-order valence-corrected chi connectivity index (χ1v) is 29.2. The number of aliphatic hydroxyl groups excluding tert-OH is 11. The van der Waals surface area contributed by atoms with Crippen LogP contribution in [0.2, 0.25) is 0 Å². The first kappa shape index (κ1) is 68.3. The van der Waals surface area contributed by atoms with Crippen LogP contribution >= 0.6 is 0 Å². The summed E-state index contributed by atoms with van der Waals surface area (Å²) in [6.45, 7) is 1.45. The predicted molar refractivity (Wildman–Crippen MR) is 286 cm³/mol. The molecule has 12 N–H and O–H groups in total. The van der Waals surface area contributed by atoms with Gasteiger partial charge in [0, 0.05) is 6.42 Å². The molecule has 19 heteroatoms. The van der Waals surface area contributed by atoms with Crippen molar-refractivity contribution >= 4 is 5.91 Å². The number of ether oxygens (including phenoxy) is 6. The minimum atomic E-state index is -1.98. The zero-order chi connectivity index (χ0) is 55.5. The van der Waals surface area contributed by atoms with Crippen molar-refractivity contribution in [2.45, 2.75) is 291 Å². The lowest BCUT2D eigenvalue weighted by atomic mass is 9.96. The molecule has 3 fully saturated rings. The average Bonchev–Trinajstić information content (AvgIpc) is 3.42. The highest BCUT2D eigenvalue weighted by atomic mass is 16.8. The number of rotatable bonds is 42. The second-order valence-electron chi connectivity index (χ2n) is 21.1. The van der Waals surface area contributed by atoms with Crippen molar-refractivity contribution < 1.29 is 89.4 Å². The Morgan fingerprint density at radius 2 is 0.868 bits per heavy atom. The molecule has 0 spiro atoms. The molecular weight excluding hydrogens is 987 g/mol. The molecule has 3 aliphatic rings. The summed E-state index contributed by atoms with van der Waals surface area (Å²) in [4.78, 5) is 13.3. The molecule has 3 saturated heterocycles. The molecular formula is C57H103NO18. The fraction of sp³-hybridized carbons (Fsp3) is 0.877. The summed E-state index contributed by atoms with van der Waals surface area (Å²) in [7, 11) is 0. The molecule has 3 rings (SSSR count). The Kier molecular flexibility index (Phi) is 36.9. The van der Waals surface area contributed by atoms with Gasteiger partial charge in [0.25, 0.3) is 0 Å². The summed E-state index contributed by atoms with van der Waals surface area (Å²) >= 11 is 0. The van der Waals surface area contributed by atoms with E-state index in [-0.39, 0.29) is 18.9 Å². The van der Waals surface area contributed by atoms with Crippen LogP contribution < -0.4 is 5.32 Å². The van der Waals surface area contributed by atoms with Crippen LogP contribution in [0, 0.1) is 0 Å². The van der Waals surface area contributed by atoms with Gasteiger partial charge in [0.2, 0.25) is 5.91 Å². The fourth-order valence-electron chi connectivity index (χ4n) is 9.94. The summed E-state index contributed by atoms with van der Waals surface area (Å²) in [5.41, 5.74) is 0. The standard InChI is InChI=1S/C57H103NO18/c1-3-5-7-9-11-13-14-15-16-17-18-19-20-21-22-23-24-25-27-29-31-33-35-45(63)58-40(41(62)34-32-30-28-26-12-10-8-6-4-2)39-71-55-51(69)48(66)53(43(37-60)73-55)76-57-52(70)49(67)54(44(38-61)74-57)75-56-50(68)47(65)46(64)42(36-59)72-56/h4,6,12,26,32,34,40-44,46-57,59-62,64-70H,3,5,7-11,13-25,27-31,33,35-39H2,1-2H3,(H,58,63)/b6-4+,26-12+,34-32+. The topological polar surface area (TPSA) is 307 Å². The Balaban J connectivity index is 1.45. The van der Waals surface area contributed by atoms with E-state index in [0.717, 1.165) is 38.5 Å². The molecule has 0 bridgehead atoms. The monoisotopic (exact) mass is 1090 g/mol. The molecule has 444 valence electrons. The Morgan fingerprint density at radius 1 is 0.487 bits per heavy atom. The Labute approximate surface area is 453 Å². The zero-order valence-electron chi connectivity index (χ0n) is 46.0. The third-order valence-corrected chi connectivity index (χ3v) is 14.8. The lowest BCUT2D eigenvalue weighted by Crippen LogP contribution is -2.66. The van der Waals surface area contributed by atoms with Crippen molar-refractivity contribution in [3.05, 3.63) is 36.5 Å². The van der Waals surface area contributed by atoms with E-state index in [4.69, 9.17) is 28.4 Å². The molecule has 19 nitrogen and oxygen atoms in total. The summed E-state index contributed by atoms with van der Waals surface area (Å²) in [6, 6.07) is -0.991. The van der Waals surface area contributed by atoms with E-state index in [1.54, 1.807) is 6.08 Å². The minimum Gasteiger partial charge on any atom is -0.394 e. The fourth-order valence-corrected chi connectivity index (χ4v) is 9.94. The molecule has 76 heavy (non-hydrogen) atoms. The minimum absolute atomic E-state index is 0.235. The van der Waals surface area contributed by atoms with E-state index in [0.29, 0.717) is 12.8 Å². The van der Waals surface area contributed by atoms with Crippen LogP contribution in [0.1, 0.15) is 187 Å². The van der Waals surface area contributed by atoms with Crippen LogP contribution in [-0.4, -0.2) is 193 Å². The zero-order valence-corrected chi connectivity index (χ0v) is 46.0. The van der Waals surface area contributed by atoms with Gasteiger partial charge >= 0.3 is 0 Å². The average molecular weight is 1090 g/mol. The predicted octanol–water partition coefficient (Wildman–Crippen LogP) is 4.54. The van der Waals surface area contributed by atoms with Crippen molar-refractivity contribution in [3.8, 4) is 0 Å². The number of hydrogen-bond donors (Lipinski definition) is 12. The third kappa shape index (κ3) is 25.2. The van der Waals surface area contributed by atoms with Gasteiger partial charge in [-0.2, -0.15) is 0 Å². The van der Waals surface area contributed by atoms with Gasteiger partial charge in [-0.3, -0.25) is 4.79 Å². The number of carbonyl (C=O) groups excluding carboxylic acids is 1. The maximum atomic E-state index is 13.3. The Morgan fingerprint density at radius 3 is 1.32 bits per heavy atom. The van der Waals surface area contributed by atoms with Gasteiger partial charge < -0.3 is 89.9 Å². The molecule has 0 aromatic rings. The highest BCUT2D eigenvalue weighted by Gasteiger charge is 2.53. The highest BCUT2D eigenvalue weighted by molar-refractivity contribution is 5.76. The number of carbonyl (C=O) groups is 1. The van der Waals surface area contributed by atoms with Gasteiger partial charge in [-0.1, -0.05) is 178 Å². The van der Waals surface area contributed by atoms with Crippen molar-refractivity contribution in [3.63, 3.8) is 0 Å². The second-order valence-corrected chi connectivity index (χ2v) is 21.1. The molecule has 0 aromatic heterocycles. The van der Waals surface area contributed by atoms with Crippen LogP contribution in [0.4, 0.5) is 0 Å². The van der Waals surface area contributed by atoms with Gasteiger partial charge in [-0.25, -0.2) is 0 Å². The Hall–Kier alpha value is -1.99. The first-order valence-electron chi connectivity index (χ1n) is 29.2. The van der Waals surface area contributed by atoms with Crippen molar-refractivity contribution in [1.29, 1.82) is 0 Å². The summed E-state index contributed by atoms with van der Waals surface area (Å²) in [5, 5.41) is 120. The lowest BCUT2D eigenvalue weighted by Gasteiger charge is -2.48. The third-order valence-electron chi connectivity index (χ3n) is 14.8. The first-order chi connectivity index (χ1) is 36.8. The Bertz CT molecular complexity index is 1540. The van der Waals surface area contributed by atoms with E-state index < -0.39 is 124 Å². The molecule has 17 unspecified atom stereocenters. The normalized spacial score (nSPS) is 31.2. The number of amides is 1. The molecule has 17 atom stereocenters. The largest absolute Gasteiger partial charge is 0.394 e. The molecule has 0 aromatic carbocycles. The van der Waals surface area contributed by atoms with E-state index >= 15 is 0 Å². The van der Waals surface area contributed by atoms with Crippen molar-refractivity contribution in [2.24, 2.45) is 0 Å². The van der Waals surface area contributed by atoms with E-state index in [2.05, 4.69) is 30.5 Å². The maximum absolute atomic E-state index is 13.3. The van der Waals surface area contributed by atoms with E-state index in [1.807, 2.05) is 19.1 Å². The number of allylic oxidation sites excluding steroid dienone is 5. The van der Waals surface area contributed by atoms with Crippen LogP contribution in [-0.2, 0) is 33.2 Å². The number of hydrogen-bond acceptors (Lipinski definition) is 18. The van der Waals surface area contributed by atoms with Gasteiger partial charge in [-0.05, 0) is 39.0 Å². The van der Waals surface area contributed by atoms with Crippen LogP contribution in [0.15, 0.2) is 36.5 Å². The van der Waals surface area contributed by atoms with Crippen molar-refractivity contribution in [1.82, 2.24) is 5.32 Å². The van der Waals surface area contributed by atoms with Gasteiger partial charge in [-0.15, -0.1) is 0 Å². The van der Waals surface area contributed by atoms with Gasteiger partial charge in [0.1, 0.15) is 73.2 Å². The summed E-state index contributed by atoms with van der Waals surface area (Å²) in [6.07, 6.45) is 16.1. The maximum Gasteiger partial charge on any atom is 0.220 e. The van der Waals surface area contributed by atoms with Crippen LogP contribution in [0.3, 0.4) is 0 Å². The van der Waals surface area contributed by atoms with E-state index in [1.165, 1.54) is 116 Å². The smallest absolute Gasteiger partial charge is 0.220 e. The number of aliphatic hydroxyl groups is 11. The van der Waals surface area contributed by atoms with Crippen LogP contribution in [0.25, 0.3) is 0 Å². The molecule has 0 saturated carbocycles. The highest BCUT2D eigenvalue weighted by Crippen LogP contribution is 2.33. The molecule has 0 radical (unpaired) electrons. The van der Waals surface area contributed by atoms with Crippen LogP contribution in [0.5, 0.6) is 0 Å². The SMILES string of the molecule is C/C=C/CC/C=C/CC/C=C/C(O)C(COC1OC(CO)C(OC2OC(CO)C(OC3OC(CO)C(O)C(O)C3O)C(O)C2O)C(O)C1O)NC(=O)CCCCCCCCCCCCCCCCCCCCCCCC. The quantitative estimate of drug-likeness (QED) is 0.0295.